The minimum atomic E-state index is -0.829. The third-order valence-corrected chi connectivity index (χ3v) is 4.91. The highest BCUT2D eigenvalue weighted by molar-refractivity contribution is 7.99. The van der Waals surface area contributed by atoms with E-state index in [0.717, 1.165) is 23.5 Å². The molecule has 0 aromatic carbocycles. The predicted molar refractivity (Wildman–Crippen MR) is 74.7 cm³/mol. The molecule has 1 N–H and O–H groups in total. The summed E-state index contributed by atoms with van der Waals surface area (Å²) in [7, 11) is 0. The lowest BCUT2D eigenvalue weighted by Crippen LogP contribution is -2.03. The van der Waals surface area contributed by atoms with E-state index in [1.807, 2.05) is 5.38 Å². The van der Waals surface area contributed by atoms with Gasteiger partial charge in [-0.15, -0.1) is 21.5 Å². The monoisotopic (exact) mass is 295 g/mol. The lowest BCUT2D eigenvalue weighted by molar-refractivity contribution is -0.133. The van der Waals surface area contributed by atoms with Crippen LogP contribution in [0.15, 0.2) is 16.6 Å². The molecule has 2 aromatic rings. The van der Waals surface area contributed by atoms with Crippen molar-refractivity contribution >= 4 is 29.1 Å². The topological polar surface area (TPSA) is 68.0 Å². The quantitative estimate of drug-likeness (QED) is 0.859. The van der Waals surface area contributed by atoms with Crippen molar-refractivity contribution in [3.8, 4) is 10.7 Å². The molecule has 1 saturated carbocycles. The van der Waals surface area contributed by atoms with Crippen molar-refractivity contribution in [2.75, 3.05) is 5.75 Å². The van der Waals surface area contributed by atoms with E-state index in [-0.39, 0.29) is 5.75 Å². The van der Waals surface area contributed by atoms with E-state index in [9.17, 15) is 4.79 Å². The molecule has 0 saturated heterocycles. The highest BCUT2D eigenvalue weighted by atomic mass is 32.2. The number of aryl methyl sites for hydroxylation is 1. The summed E-state index contributed by atoms with van der Waals surface area (Å²) in [6, 6.07) is 2.50. The second-order valence-corrected chi connectivity index (χ2v) is 6.38. The third kappa shape index (κ3) is 2.52. The number of carbonyl (C=O) groups is 1. The van der Waals surface area contributed by atoms with Gasteiger partial charge in [0, 0.05) is 6.04 Å². The molecular formula is C12H13N3O2S2. The molecule has 2 aromatic heterocycles. The average molecular weight is 295 g/mol. The van der Waals surface area contributed by atoms with Crippen LogP contribution < -0.4 is 0 Å². The Bertz CT molecular complexity index is 616. The lowest BCUT2D eigenvalue weighted by Gasteiger charge is -2.07. The maximum Gasteiger partial charge on any atom is 0.313 e. The summed E-state index contributed by atoms with van der Waals surface area (Å²) in [6.45, 7) is 2.06. The Labute approximate surface area is 118 Å². The van der Waals surface area contributed by atoms with Gasteiger partial charge in [-0.2, -0.15) is 0 Å². The van der Waals surface area contributed by atoms with Crippen LogP contribution in [0.3, 0.4) is 0 Å². The van der Waals surface area contributed by atoms with Gasteiger partial charge in [0.15, 0.2) is 11.0 Å². The molecule has 0 atom stereocenters. The minimum Gasteiger partial charge on any atom is -0.481 e. The Kier molecular flexibility index (Phi) is 3.32. The van der Waals surface area contributed by atoms with Crippen molar-refractivity contribution in [2.45, 2.75) is 31.0 Å². The van der Waals surface area contributed by atoms with E-state index >= 15 is 0 Å². The summed E-state index contributed by atoms with van der Waals surface area (Å²) in [5.74, 6) is 0.0703. The van der Waals surface area contributed by atoms with Crippen molar-refractivity contribution in [1.82, 2.24) is 14.8 Å². The van der Waals surface area contributed by atoms with Gasteiger partial charge in [-0.3, -0.25) is 9.36 Å². The molecular weight excluding hydrogens is 282 g/mol. The van der Waals surface area contributed by atoms with E-state index in [4.69, 9.17) is 5.11 Å². The Hall–Kier alpha value is -1.34. The van der Waals surface area contributed by atoms with Gasteiger partial charge < -0.3 is 5.11 Å². The molecule has 2 heterocycles. The average Bonchev–Trinajstić information content (AvgIpc) is 2.98. The highest BCUT2D eigenvalue weighted by Crippen LogP contribution is 2.42. The van der Waals surface area contributed by atoms with Gasteiger partial charge in [-0.25, -0.2) is 0 Å². The van der Waals surface area contributed by atoms with Crippen molar-refractivity contribution in [3.63, 3.8) is 0 Å². The standard InChI is InChI=1S/C12H13N3O2S2/c1-7-4-5-18-10(7)11-13-14-12(19-6-9(16)17)15(11)8-2-3-8/h4-5,8H,2-3,6H2,1H3,(H,16,17). The number of hydrogen-bond donors (Lipinski definition) is 1. The fourth-order valence-electron chi connectivity index (χ4n) is 1.92. The predicted octanol–water partition coefficient (Wildman–Crippen LogP) is 2.83. The summed E-state index contributed by atoms with van der Waals surface area (Å²) < 4.78 is 2.10. The first-order valence-corrected chi connectivity index (χ1v) is 7.87. The highest BCUT2D eigenvalue weighted by Gasteiger charge is 2.31. The molecule has 0 spiro atoms. The molecule has 0 radical (unpaired) electrons. The molecule has 0 aliphatic heterocycles. The Morgan fingerprint density at radius 3 is 2.95 bits per heavy atom. The first kappa shape index (κ1) is 12.7. The lowest BCUT2D eigenvalue weighted by atomic mass is 10.3. The molecule has 5 nitrogen and oxygen atoms in total. The number of nitrogens with zero attached hydrogens (tertiary/aromatic N) is 3. The number of aliphatic carboxylic acids is 1. The number of thioether (sulfide) groups is 1. The molecule has 1 fully saturated rings. The fraction of sp³-hybridized carbons (Fsp3) is 0.417. The summed E-state index contributed by atoms with van der Waals surface area (Å²) in [6.07, 6.45) is 2.24. The van der Waals surface area contributed by atoms with Crippen LogP contribution in [0.25, 0.3) is 10.7 Å². The van der Waals surface area contributed by atoms with Crippen LogP contribution in [0.2, 0.25) is 0 Å². The second-order valence-electron chi connectivity index (χ2n) is 4.52. The largest absolute Gasteiger partial charge is 0.481 e. The second kappa shape index (κ2) is 4.97. The summed E-state index contributed by atoms with van der Waals surface area (Å²) >= 11 is 2.89. The molecule has 3 rings (SSSR count). The van der Waals surface area contributed by atoms with Crippen LogP contribution >= 0.6 is 23.1 Å². The molecule has 100 valence electrons. The van der Waals surface area contributed by atoms with Gasteiger partial charge in [0.2, 0.25) is 0 Å². The summed E-state index contributed by atoms with van der Waals surface area (Å²) in [5, 5.41) is 20.0. The van der Waals surface area contributed by atoms with Gasteiger partial charge >= 0.3 is 5.97 Å². The molecule has 1 aliphatic rings. The van der Waals surface area contributed by atoms with E-state index in [2.05, 4.69) is 27.8 Å². The van der Waals surface area contributed by atoms with Gasteiger partial charge in [0.05, 0.1) is 10.6 Å². The van der Waals surface area contributed by atoms with Gasteiger partial charge in [-0.1, -0.05) is 11.8 Å². The zero-order chi connectivity index (χ0) is 13.4. The van der Waals surface area contributed by atoms with Crippen LogP contribution in [-0.4, -0.2) is 31.6 Å². The van der Waals surface area contributed by atoms with E-state index < -0.39 is 5.97 Å². The Balaban J connectivity index is 1.97. The van der Waals surface area contributed by atoms with Crippen molar-refractivity contribution in [2.24, 2.45) is 0 Å². The first-order valence-electron chi connectivity index (χ1n) is 6.01. The SMILES string of the molecule is Cc1ccsc1-c1nnc(SCC(=O)O)n1C1CC1. The van der Waals surface area contributed by atoms with Crippen LogP contribution in [-0.2, 0) is 4.79 Å². The molecule has 0 amide bonds. The number of hydrogen-bond acceptors (Lipinski definition) is 5. The van der Waals surface area contributed by atoms with E-state index in [0.29, 0.717) is 11.2 Å². The Morgan fingerprint density at radius 2 is 2.37 bits per heavy atom. The third-order valence-electron chi connectivity index (χ3n) is 2.97. The van der Waals surface area contributed by atoms with E-state index in [1.165, 1.54) is 17.3 Å². The minimum absolute atomic E-state index is 0.0221. The maximum absolute atomic E-state index is 10.7. The molecule has 0 unspecified atom stereocenters. The number of thiophene rings is 1. The number of rotatable bonds is 5. The zero-order valence-electron chi connectivity index (χ0n) is 10.4. The zero-order valence-corrected chi connectivity index (χ0v) is 12.0. The van der Waals surface area contributed by atoms with E-state index in [1.54, 1.807) is 11.3 Å². The number of carboxylic acids is 1. The molecule has 1 aliphatic carbocycles. The molecule has 0 bridgehead atoms. The van der Waals surface area contributed by atoms with Crippen molar-refractivity contribution in [1.29, 1.82) is 0 Å². The normalized spacial score (nSPS) is 14.8. The first-order chi connectivity index (χ1) is 9.16. The van der Waals surface area contributed by atoms with Gasteiger partial charge in [-0.05, 0) is 36.8 Å². The van der Waals surface area contributed by atoms with Crippen LogP contribution in [0.4, 0.5) is 0 Å². The van der Waals surface area contributed by atoms with Crippen LogP contribution in [0.1, 0.15) is 24.4 Å². The summed E-state index contributed by atoms with van der Waals surface area (Å²) in [5.41, 5.74) is 1.19. The molecule has 19 heavy (non-hydrogen) atoms. The fourth-order valence-corrected chi connectivity index (χ4v) is 3.55. The number of carboxylic acid groups (broad SMARTS) is 1. The van der Waals surface area contributed by atoms with Crippen LogP contribution in [0, 0.1) is 6.92 Å². The maximum atomic E-state index is 10.7. The molecule has 7 heteroatoms. The summed E-state index contributed by atoms with van der Waals surface area (Å²) in [4.78, 5) is 11.8. The van der Waals surface area contributed by atoms with Gasteiger partial charge in [0.25, 0.3) is 0 Å². The van der Waals surface area contributed by atoms with Gasteiger partial charge in [0.1, 0.15) is 0 Å². The Morgan fingerprint density at radius 1 is 1.58 bits per heavy atom. The number of aromatic nitrogens is 3. The van der Waals surface area contributed by atoms with Crippen molar-refractivity contribution in [3.05, 3.63) is 17.0 Å². The van der Waals surface area contributed by atoms with Crippen LogP contribution in [0.5, 0.6) is 0 Å². The van der Waals surface area contributed by atoms with Crippen molar-refractivity contribution < 1.29 is 9.90 Å². The smallest absolute Gasteiger partial charge is 0.313 e.